The van der Waals surface area contributed by atoms with Crippen LogP contribution in [0.4, 0.5) is 4.39 Å². The molecule has 0 saturated carbocycles. The zero-order chi connectivity index (χ0) is 21.6. The fraction of sp³-hybridized carbons (Fsp3) is 0.182. The Morgan fingerprint density at radius 3 is 2.61 bits per heavy atom. The summed E-state index contributed by atoms with van der Waals surface area (Å²) in [6.45, 7) is 2.86. The number of benzene rings is 2. The summed E-state index contributed by atoms with van der Waals surface area (Å²) >= 11 is 1.01. The van der Waals surface area contributed by atoms with Crippen LogP contribution >= 0.6 is 12.0 Å². The molecule has 0 atom stereocenters. The van der Waals surface area contributed by atoms with Crippen LogP contribution in [0.1, 0.15) is 12.6 Å². The van der Waals surface area contributed by atoms with Crippen LogP contribution in [0.3, 0.4) is 0 Å². The number of aromatic amines is 1. The monoisotopic (exact) mass is 440 g/mol. The van der Waals surface area contributed by atoms with E-state index in [9.17, 15) is 4.39 Å². The molecule has 1 N–H and O–H groups in total. The molecule has 0 amide bonds. The van der Waals surface area contributed by atoms with Crippen molar-refractivity contribution in [3.63, 3.8) is 0 Å². The number of nitrogens with one attached hydrogen (secondary N) is 1. The van der Waals surface area contributed by atoms with Crippen LogP contribution < -0.4 is 4.89 Å². The number of nitrogens with zero attached hydrogens (tertiary/aromatic N) is 3. The number of rotatable bonds is 9. The fourth-order valence-electron chi connectivity index (χ4n) is 3.04. The normalized spacial score (nSPS) is 11.1. The minimum atomic E-state index is -0.301. The quantitative estimate of drug-likeness (QED) is 0.220. The number of hydrogen-bond acceptors (Lipinski definition) is 6. The number of para-hydroxylation sites is 1. The Bertz CT molecular complexity index is 1130. The van der Waals surface area contributed by atoms with E-state index >= 15 is 0 Å². The maximum absolute atomic E-state index is 13.4. The van der Waals surface area contributed by atoms with Crippen molar-refractivity contribution < 1.29 is 18.3 Å². The van der Waals surface area contributed by atoms with Gasteiger partial charge in [0.15, 0.2) is 10.9 Å². The van der Waals surface area contributed by atoms with Crippen molar-refractivity contribution in [3.05, 3.63) is 72.3 Å². The number of hydrogen-bond donors (Lipinski definition) is 1. The highest BCUT2D eigenvalue weighted by atomic mass is 32.2. The van der Waals surface area contributed by atoms with Gasteiger partial charge in [-0.15, -0.1) is 4.33 Å². The van der Waals surface area contributed by atoms with Gasteiger partial charge >= 0.3 is 0 Å². The predicted molar refractivity (Wildman–Crippen MR) is 116 cm³/mol. The van der Waals surface area contributed by atoms with Crippen LogP contribution in [0, 0.1) is 5.82 Å². The lowest BCUT2D eigenvalue weighted by atomic mass is 10.0. The Balaban J connectivity index is 1.62. The minimum Gasteiger partial charge on any atom is -0.375 e. The predicted octanol–water partition coefficient (Wildman–Crippen LogP) is 5.17. The first-order valence-corrected chi connectivity index (χ1v) is 10.4. The lowest BCUT2D eigenvalue weighted by molar-refractivity contribution is -0.0782. The van der Waals surface area contributed by atoms with Crippen molar-refractivity contribution in [1.29, 1.82) is 0 Å². The standard InChI is InChI=1S/C22H21FN4O3S/c1-3-28-14-18-20(21(26-25-18)15-9-11-16(23)12-10-15)19-13-24-22(27(19)2)31-30-29-17-7-5-4-6-8-17/h4-13H,3,14H2,1-2H3,(H,25,26). The summed E-state index contributed by atoms with van der Waals surface area (Å²) in [5.74, 6) is 0.294. The first-order valence-electron chi connectivity index (χ1n) is 9.66. The van der Waals surface area contributed by atoms with E-state index in [0.29, 0.717) is 29.8 Å². The second-order valence-corrected chi connectivity index (χ2v) is 7.27. The Hall–Kier alpha value is -3.14. The van der Waals surface area contributed by atoms with E-state index in [1.165, 1.54) is 12.1 Å². The lowest BCUT2D eigenvalue weighted by Gasteiger charge is -2.09. The molecular weight excluding hydrogens is 419 g/mol. The van der Waals surface area contributed by atoms with Gasteiger partial charge in [0.2, 0.25) is 0 Å². The molecule has 0 spiro atoms. The second kappa shape index (κ2) is 9.78. The number of ether oxygens (including phenoxy) is 1. The second-order valence-electron chi connectivity index (χ2n) is 6.60. The zero-order valence-electron chi connectivity index (χ0n) is 17.0. The van der Waals surface area contributed by atoms with E-state index in [2.05, 4.69) is 15.2 Å². The third kappa shape index (κ3) is 4.79. The maximum Gasteiger partial charge on any atom is 0.200 e. The molecule has 9 heteroatoms. The van der Waals surface area contributed by atoms with Crippen LogP contribution in [0.2, 0.25) is 0 Å². The van der Waals surface area contributed by atoms with E-state index in [4.69, 9.17) is 14.0 Å². The molecular formula is C22H21FN4O3S. The first kappa shape index (κ1) is 21.1. The van der Waals surface area contributed by atoms with Crippen LogP contribution in [-0.2, 0) is 22.7 Å². The van der Waals surface area contributed by atoms with Crippen LogP contribution in [0.5, 0.6) is 5.75 Å². The molecule has 0 bridgehead atoms. The van der Waals surface area contributed by atoms with E-state index in [1.807, 2.05) is 36.7 Å². The molecule has 0 fully saturated rings. The molecule has 2 heterocycles. The SMILES string of the molecule is CCOCc1[nH]nc(-c2ccc(F)cc2)c1-c1cnc(SOOc2ccccc2)n1C. The highest BCUT2D eigenvalue weighted by molar-refractivity contribution is 7.94. The van der Waals surface area contributed by atoms with Gasteiger partial charge in [-0.25, -0.2) is 9.37 Å². The molecule has 0 unspecified atom stereocenters. The van der Waals surface area contributed by atoms with Gasteiger partial charge in [0, 0.05) is 19.2 Å². The summed E-state index contributed by atoms with van der Waals surface area (Å²) in [6, 6.07) is 15.4. The molecule has 4 rings (SSSR count). The van der Waals surface area contributed by atoms with Gasteiger partial charge < -0.3 is 14.2 Å². The molecule has 0 saturated heterocycles. The highest BCUT2D eigenvalue weighted by Gasteiger charge is 2.21. The van der Waals surface area contributed by atoms with Crippen molar-refractivity contribution >= 4 is 12.0 Å². The smallest absolute Gasteiger partial charge is 0.200 e. The van der Waals surface area contributed by atoms with Crippen molar-refractivity contribution in [2.45, 2.75) is 18.7 Å². The summed E-state index contributed by atoms with van der Waals surface area (Å²) < 4.78 is 26.2. The van der Waals surface area contributed by atoms with Crippen molar-refractivity contribution in [2.75, 3.05) is 6.61 Å². The van der Waals surface area contributed by atoms with Gasteiger partial charge in [0.05, 0.1) is 29.8 Å². The molecule has 0 aliphatic carbocycles. The van der Waals surface area contributed by atoms with Gasteiger partial charge in [-0.05, 0) is 43.3 Å². The molecule has 4 aromatic rings. The molecule has 2 aromatic carbocycles. The summed E-state index contributed by atoms with van der Waals surface area (Å²) in [6.07, 6.45) is 1.74. The molecule has 0 aliphatic rings. The Morgan fingerprint density at radius 2 is 1.87 bits per heavy atom. The molecule has 7 nitrogen and oxygen atoms in total. The lowest BCUT2D eigenvalue weighted by Crippen LogP contribution is -2.00. The number of H-pyrrole nitrogens is 1. The highest BCUT2D eigenvalue weighted by Crippen LogP contribution is 2.35. The van der Waals surface area contributed by atoms with Gasteiger partial charge in [-0.3, -0.25) is 5.10 Å². The van der Waals surface area contributed by atoms with Gasteiger partial charge in [0.1, 0.15) is 23.6 Å². The van der Waals surface area contributed by atoms with Crippen molar-refractivity contribution in [2.24, 2.45) is 7.05 Å². The topological polar surface area (TPSA) is 74.2 Å². The third-order valence-electron chi connectivity index (χ3n) is 4.59. The number of imidazole rings is 1. The third-order valence-corrected chi connectivity index (χ3v) is 5.26. The Labute approximate surface area is 183 Å². The first-order chi connectivity index (χ1) is 15.2. The van der Waals surface area contributed by atoms with Gasteiger partial charge in [-0.1, -0.05) is 18.2 Å². The molecule has 0 aliphatic heterocycles. The van der Waals surface area contributed by atoms with Crippen molar-refractivity contribution in [1.82, 2.24) is 19.7 Å². The van der Waals surface area contributed by atoms with Crippen LogP contribution in [0.15, 0.2) is 66.0 Å². The maximum atomic E-state index is 13.4. The summed E-state index contributed by atoms with van der Waals surface area (Å²) in [5, 5.41) is 8.11. The fourth-order valence-corrected chi connectivity index (χ4v) is 3.52. The molecule has 31 heavy (non-hydrogen) atoms. The van der Waals surface area contributed by atoms with Gasteiger partial charge in [0.25, 0.3) is 0 Å². The molecule has 2 aromatic heterocycles. The zero-order valence-corrected chi connectivity index (χ0v) is 17.9. The largest absolute Gasteiger partial charge is 0.375 e. The summed E-state index contributed by atoms with van der Waals surface area (Å²) in [4.78, 5) is 9.73. The molecule has 0 radical (unpaired) electrons. The summed E-state index contributed by atoms with van der Waals surface area (Å²) in [5.41, 5.74) is 3.94. The molecule has 160 valence electrons. The Morgan fingerprint density at radius 1 is 1.10 bits per heavy atom. The summed E-state index contributed by atoms with van der Waals surface area (Å²) in [7, 11) is 1.88. The van der Waals surface area contributed by atoms with E-state index < -0.39 is 0 Å². The van der Waals surface area contributed by atoms with E-state index in [1.54, 1.807) is 30.5 Å². The van der Waals surface area contributed by atoms with E-state index in [0.717, 1.165) is 34.6 Å². The average Bonchev–Trinajstić information content (AvgIpc) is 3.37. The number of halogens is 1. The van der Waals surface area contributed by atoms with E-state index in [-0.39, 0.29) is 5.82 Å². The Kier molecular flexibility index (Phi) is 6.66. The van der Waals surface area contributed by atoms with Crippen molar-refractivity contribution in [3.8, 4) is 28.3 Å². The minimum absolute atomic E-state index is 0.301. The van der Waals surface area contributed by atoms with Crippen LogP contribution in [-0.4, -0.2) is 26.4 Å². The van der Waals surface area contributed by atoms with Crippen LogP contribution in [0.25, 0.3) is 22.5 Å². The number of aromatic nitrogens is 4. The average molecular weight is 441 g/mol. The van der Waals surface area contributed by atoms with Gasteiger partial charge in [-0.2, -0.15) is 5.10 Å².